The summed E-state index contributed by atoms with van der Waals surface area (Å²) in [7, 11) is 0. The van der Waals surface area contributed by atoms with E-state index in [0.29, 0.717) is 24.9 Å². The van der Waals surface area contributed by atoms with Crippen LogP contribution in [0.3, 0.4) is 0 Å². The maximum atomic E-state index is 12.2. The summed E-state index contributed by atoms with van der Waals surface area (Å²) >= 11 is 0. The lowest BCUT2D eigenvalue weighted by Gasteiger charge is -2.50. The predicted octanol–water partition coefficient (Wildman–Crippen LogP) is 3.54. The Hall–Kier alpha value is -2.36. The van der Waals surface area contributed by atoms with Crippen molar-refractivity contribution in [3.05, 3.63) is 24.5 Å². The van der Waals surface area contributed by atoms with Crippen LogP contribution in [0, 0.1) is 11.8 Å². The number of carboxylic acids is 1. The second-order valence-corrected chi connectivity index (χ2v) is 8.21. The van der Waals surface area contributed by atoms with Gasteiger partial charge in [0.2, 0.25) is 5.91 Å². The number of carbonyl (C=O) groups excluding carboxylic acids is 1. The van der Waals surface area contributed by atoms with E-state index < -0.39 is 12.1 Å². The Labute approximate surface area is 179 Å². The number of nitrogens with zero attached hydrogens (tertiary/aromatic N) is 2. The second kappa shape index (κ2) is 10.8. The number of amides is 1. The SMILES string of the molecule is CC(C)CCC(=O)N1CC2(C1)OCCC2CCOc1cccnc1.O=C(O)C(F)(F)F. The highest BCUT2D eigenvalue weighted by molar-refractivity contribution is 5.77. The molecule has 0 aromatic carbocycles. The molecule has 7 nitrogen and oxygen atoms in total. The van der Waals surface area contributed by atoms with Crippen molar-refractivity contribution in [3.8, 4) is 5.75 Å². The third-order valence-electron chi connectivity index (χ3n) is 5.42. The van der Waals surface area contributed by atoms with Crippen molar-refractivity contribution < 1.29 is 37.3 Å². The molecule has 2 aliphatic heterocycles. The molecule has 2 saturated heterocycles. The number of halogens is 3. The summed E-state index contributed by atoms with van der Waals surface area (Å²) < 4.78 is 43.5. The van der Waals surface area contributed by atoms with Gasteiger partial charge in [-0.05, 0) is 43.2 Å². The van der Waals surface area contributed by atoms with E-state index in [1.165, 1.54) is 0 Å². The number of hydrogen-bond donors (Lipinski definition) is 1. The van der Waals surface area contributed by atoms with Crippen LogP contribution in [-0.4, -0.2) is 64.9 Å². The Kier molecular flexibility index (Phi) is 8.67. The van der Waals surface area contributed by atoms with E-state index in [4.69, 9.17) is 19.4 Å². The van der Waals surface area contributed by atoms with E-state index in [0.717, 1.165) is 44.7 Å². The molecule has 1 spiro atoms. The van der Waals surface area contributed by atoms with Gasteiger partial charge in [-0.25, -0.2) is 4.79 Å². The number of carbonyl (C=O) groups is 2. The maximum Gasteiger partial charge on any atom is 0.490 e. The molecule has 2 fully saturated rings. The Balaban J connectivity index is 0.000000423. The topological polar surface area (TPSA) is 89.0 Å². The minimum absolute atomic E-state index is 0.119. The van der Waals surface area contributed by atoms with E-state index in [1.54, 1.807) is 12.4 Å². The average molecular weight is 446 g/mol. The standard InChI is InChI=1S/C19H28N2O3.C2HF3O2/c1-15(2)5-6-18(22)21-13-19(14-21)16(8-11-24-19)7-10-23-17-4-3-9-20-12-17;3-2(4,5)1(6)7/h3-4,9,12,15-16H,5-8,10-11,13-14H2,1-2H3;(H,6,7). The number of aromatic nitrogens is 1. The summed E-state index contributed by atoms with van der Waals surface area (Å²) in [5.74, 6) is -0.625. The number of rotatable bonds is 7. The minimum atomic E-state index is -5.08. The molecule has 1 aromatic heterocycles. The first-order valence-electron chi connectivity index (χ1n) is 10.3. The van der Waals surface area contributed by atoms with Gasteiger partial charge in [0.1, 0.15) is 11.4 Å². The fraction of sp³-hybridized carbons (Fsp3) is 0.667. The first kappa shape index (κ1) is 24.9. The van der Waals surface area contributed by atoms with Gasteiger partial charge in [0.15, 0.2) is 0 Å². The Morgan fingerprint density at radius 1 is 1.39 bits per heavy atom. The summed E-state index contributed by atoms with van der Waals surface area (Å²) in [4.78, 5) is 27.1. The van der Waals surface area contributed by atoms with Crippen LogP contribution in [0.4, 0.5) is 13.2 Å². The van der Waals surface area contributed by atoms with Gasteiger partial charge in [-0.3, -0.25) is 9.78 Å². The van der Waals surface area contributed by atoms with Crippen LogP contribution in [0.25, 0.3) is 0 Å². The molecule has 0 radical (unpaired) electrons. The maximum absolute atomic E-state index is 12.2. The van der Waals surface area contributed by atoms with E-state index in [2.05, 4.69) is 18.8 Å². The molecule has 0 saturated carbocycles. The fourth-order valence-corrected chi connectivity index (χ4v) is 3.64. The minimum Gasteiger partial charge on any atom is -0.492 e. The van der Waals surface area contributed by atoms with E-state index in [1.807, 2.05) is 17.0 Å². The molecule has 0 bridgehead atoms. The Bertz CT molecular complexity index is 721. The quantitative estimate of drug-likeness (QED) is 0.689. The molecule has 2 aliphatic rings. The lowest BCUT2D eigenvalue weighted by atomic mass is 9.79. The monoisotopic (exact) mass is 446 g/mol. The van der Waals surface area contributed by atoms with Gasteiger partial charge in [0.05, 0.1) is 25.9 Å². The fourth-order valence-electron chi connectivity index (χ4n) is 3.64. The lowest BCUT2D eigenvalue weighted by Crippen LogP contribution is -2.66. The van der Waals surface area contributed by atoms with Gasteiger partial charge in [-0.15, -0.1) is 0 Å². The summed E-state index contributed by atoms with van der Waals surface area (Å²) in [5.41, 5.74) is -0.119. The molecular weight excluding hydrogens is 417 g/mol. The number of aliphatic carboxylic acids is 1. The van der Waals surface area contributed by atoms with Crippen molar-refractivity contribution in [1.82, 2.24) is 9.88 Å². The van der Waals surface area contributed by atoms with Gasteiger partial charge in [0.25, 0.3) is 0 Å². The molecular formula is C21H29F3N2O5. The van der Waals surface area contributed by atoms with Gasteiger partial charge in [-0.1, -0.05) is 13.8 Å². The summed E-state index contributed by atoms with van der Waals surface area (Å²) in [6.45, 7) is 7.28. The summed E-state index contributed by atoms with van der Waals surface area (Å²) in [6.07, 6.45) is 2.03. The van der Waals surface area contributed by atoms with Crippen molar-refractivity contribution in [2.24, 2.45) is 11.8 Å². The molecule has 1 amide bonds. The number of pyridine rings is 1. The molecule has 1 unspecified atom stereocenters. The van der Waals surface area contributed by atoms with Crippen molar-refractivity contribution in [3.63, 3.8) is 0 Å². The van der Waals surface area contributed by atoms with Crippen molar-refractivity contribution >= 4 is 11.9 Å². The largest absolute Gasteiger partial charge is 0.492 e. The third-order valence-corrected chi connectivity index (χ3v) is 5.42. The molecule has 1 N–H and O–H groups in total. The van der Waals surface area contributed by atoms with E-state index in [9.17, 15) is 18.0 Å². The van der Waals surface area contributed by atoms with Crippen molar-refractivity contribution in [2.45, 2.75) is 51.3 Å². The third kappa shape index (κ3) is 7.37. The number of likely N-dealkylation sites (tertiary alicyclic amines) is 1. The van der Waals surface area contributed by atoms with Crippen molar-refractivity contribution in [1.29, 1.82) is 0 Å². The number of hydrogen-bond acceptors (Lipinski definition) is 5. The highest BCUT2D eigenvalue weighted by Crippen LogP contribution is 2.42. The van der Waals surface area contributed by atoms with Crippen LogP contribution in [0.2, 0.25) is 0 Å². The Morgan fingerprint density at radius 3 is 2.61 bits per heavy atom. The Morgan fingerprint density at radius 2 is 2.06 bits per heavy atom. The lowest BCUT2D eigenvalue weighted by molar-refractivity contribution is -0.192. The molecule has 3 heterocycles. The zero-order chi connectivity index (χ0) is 23.1. The zero-order valence-electron chi connectivity index (χ0n) is 17.7. The van der Waals surface area contributed by atoms with Crippen LogP contribution in [0.15, 0.2) is 24.5 Å². The normalized spacial score (nSPS) is 19.5. The molecule has 3 rings (SSSR count). The predicted molar refractivity (Wildman–Crippen MR) is 105 cm³/mol. The highest BCUT2D eigenvalue weighted by Gasteiger charge is 2.53. The van der Waals surface area contributed by atoms with Crippen LogP contribution in [0.1, 0.15) is 39.5 Å². The molecule has 10 heteroatoms. The van der Waals surface area contributed by atoms with Gasteiger partial charge >= 0.3 is 12.1 Å². The number of ether oxygens (including phenoxy) is 2. The van der Waals surface area contributed by atoms with Gasteiger partial charge < -0.3 is 19.5 Å². The number of carboxylic acid groups (broad SMARTS) is 1. The van der Waals surface area contributed by atoms with Crippen molar-refractivity contribution in [2.75, 3.05) is 26.3 Å². The highest BCUT2D eigenvalue weighted by atomic mass is 19.4. The van der Waals surface area contributed by atoms with E-state index in [-0.39, 0.29) is 11.5 Å². The van der Waals surface area contributed by atoms with Gasteiger partial charge in [-0.2, -0.15) is 13.2 Å². The second-order valence-electron chi connectivity index (χ2n) is 8.21. The molecule has 31 heavy (non-hydrogen) atoms. The van der Waals surface area contributed by atoms with Crippen LogP contribution in [-0.2, 0) is 14.3 Å². The van der Waals surface area contributed by atoms with E-state index >= 15 is 0 Å². The molecule has 1 atom stereocenters. The van der Waals surface area contributed by atoms with Crippen LogP contribution < -0.4 is 4.74 Å². The summed E-state index contributed by atoms with van der Waals surface area (Å²) in [5, 5.41) is 7.12. The van der Waals surface area contributed by atoms with Crippen LogP contribution >= 0.6 is 0 Å². The number of alkyl halides is 3. The van der Waals surface area contributed by atoms with Gasteiger partial charge in [0, 0.05) is 19.2 Å². The first-order chi connectivity index (χ1) is 14.5. The van der Waals surface area contributed by atoms with Crippen LogP contribution in [0.5, 0.6) is 5.75 Å². The first-order valence-corrected chi connectivity index (χ1v) is 10.3. The average Bonchev–Trinajstić information content (AvgIpc) is 3.09. The molecule has 0 aliphatic carbocycles. The molecule has 174 valence electrons. The summed E-state index contributed by atoms with van der Waals surface area (Å²) in [6, 6.07) is 3.80. The molecule has 1 aromatic rings. The zero-order valence-corrected chi connectivity index (χ0v) is 17.7. The smallest absolute Gasteiger partial charge is 0.490 e.